The van der Waals surface area contributed by atoms with Gasteiger partial charge in [0.1, 0.15) is 23.0 Å². The molecule has 0 aliphatic heterocycles. The summed E-state index contributed by atoms with van der Waals surface area (Å²) in [5, 5.41) is 9.58. The molecule has 1 amide bonds. The van der Waals surface area contributed by atoms with E-state index in [1.165, 1.54) is 6.08 Å². The quantitative estimate of drug-likeness (QED) is 0.609. The maximum absolute atomic E-state index is 10.8. The number of fused-ring (bicyclic) bond motifs is 1. The van der Waals surface area contributed by atoms with Crippen molar-refractivity contribution in [1.82, 2.24) is 0 Å². The molecule has 78 valence electrons. The lowest BCUT2D eigenvalue weighted by Gasteiger charge is -1.88. The zero-order valence-corrected chi connectivity index (χ0v) is 8.31. The molecule has 2 N–H and O–H groups in total. The van der Waals surface area contributed by atoms with E-state index in [-0.39, 0.29) is 5.57 Å². The third-order valence-electron chi connectivity index (χ3n) is 2.12. The Hall–Kier alpha value is -2.54. The highest BCUT2D eigenvalue weighted by molar-refractivity contribution is 6.00. The fourth-order valence-corrected chi connectivity index (χ4v) is 1.37. The molecule has 0 fully saturated rings. The first-order chi connectivity index (χ1) is 7.70. The summed E-state index contributed by atoms with van der Waals surface area (Å²) < 4.78 is 5.42. The standard InChI is InChI=1S/C12H8N2O2/c13-7-9(12(14)15)6-10-5-8-3-1-2-4-11(8)16-10/h1-6H,(H2,14,15)/b9-6+. The van der Waals surface area contributed by atoms with Crippen molar-refractivity contribution in [3.05, 3.63) is 41.7 Å². The van der Waals surface area contributed by atoms with Gasteiger partial charge in [-0.15, -0.1) is 0 Å². The predicted octanol–water partition coefficient (Wildman–Crippen LogP) is 1.83. The molecule has 0 aliphatic carbocycles. The summed E-state index contributed by atoms with van der Waals surface area (Å²) in [6.45, 7) is 0. The Morgan fingerprint density at radius 2 is 2.19 bits per heavy atom. The van der Waals surface area contributed by atoms with E-state index in [9.17, 15) is 4.79 Å². The van der Waals surface area contributed by atoms with Crippen molar-refractivity contribution in [2.75, 3.05) is 0 Å². The van der Waals surface area contributed by atoms with Crippen LogP contribution in [0.2, 0.25) is 0 Å². The first-order valence-electron chi connectivity index (χ1n) is 4.61. The minimum absolute atomic E-state index is 0.126. The number of nitrogens with zero attached hydrogens (tertiary/aromatic N) is 1. The van der Waals surface area contributed by atoms with Gasteiger partial charge in [-0.25, -0.2) is 0 Å². The normalized spacial score (nSPS) is 11.3. The second kappa shape index (κ2) is 3.91. The smallest absolute Gasteiger partial charge is 0.259 e. The van der Waals surface area contributed by atoms with E-state index in [1.807, 2.05) is 24.3 Å². The summed E-state index contributed by atoms with van der Waals surface area (Å²) in [7, 11) is 0. The van der Waals surface area contributed by atoms with Gasteiger partial charge in [0.2, 0.25) is 0 Å². The van der Waals surface area contributed by atoms with Gasteiger partial charge in [0.25, 0.3) is 5.91 Å². The van der Waals surface area contributed by atoms with Crippen molar-refractivity contribution < 1.29 is 9.21 Å². The number of hydrogen-bond donors (Lipinski definition) is 1. The summed E-state index contributed by atoms with van der Waals surface area (Å²) in [4.78, 5) is 10.8. The monoisotopic (exact) mass is 212 g/mol. The second-order valence-corrected chi connectivity index (χ2v) is 3.22. The Balaban J connectivity index is 2.49. The van der Waals surface area contributed by atoms with E-state index in [0.29, 0.717) is 11.3 Å². The first-order valence-corrected chi connectivity index (χ1v) is 4.61. The summed E-state index contributed by atoms with van der Waals surface area (Å²) in [6, 6.07) is 10.9. The molecule has 1 aromatic carbocycles. The van der Waals surface area contributed by atoms with E-state index in [4.69, 9.17) is 15.4 Å². The number of primary amides is 1. The van der Waals surface area contributed by atoms with Crippen LogP contribution in [0.5, 0.6) is 0 Å². The van der Waals surface area contributed by atoms with Crippen LogP contribution in [0.1, 0.15) is 5.76 Å². The van der Waals surface area contributed by atoms with Crippen LogP contribution in [0.15, 0.2) is 40.3 Å². The van der Waals surface area contributed by atoms with E-state index < -0.39 is 5.91 Å². The van der Waals surface area contributed by atoms with Crippen molar-refractivity contribution in [3.63, 3.8) is 0 Å². The number of carbonyl (C=O) groups excluding carboxylic acids is 1. The number of amides is 1. The van der Waals surface area contributed by atoms with Crippen LogP contribution in [0, 0.1) is 11.3 Å². The highest BCUT2D eigenvalue weighted by Gasteiger charge is 2.06. The Morgan fingerprint density at radius 1 is 1.44 bits per heavy atom. The number of para-hydroxylation sites is 1. The van der Waals surface area contributed by atoms with Crippen molar-refractivity contribution in [1.29, 1.82) is 5.26 Å². The molecule has 2 rings (SSSR count). The number of carbonyl (C=O) groups is 1. The van der Waals surface area contributed by atoms with Crippen LogP contribution in [0.25, 0.3) is 17.0 Å². The van der Waals surface area contributed by atoms with Crippen LogP contribution in [0.3, 0.4) is 0 Å². The third kappa shape index (κ3) is 1.79. The summed E-state index contributed by atoms with van der Waals surface area (Å²) in [5.41, 5.74) is 5.60. The van der Waals surface area contributed by atoms with Gasteiger partial charge < -0.3 is 10.2 Å². The maximum atomic E-state index is 10.8. The highest BCUT2D eigenvalue weighted by atomic mass is 16.3. The van der Waals surface area contributed by atoms with Gasteiger partial charge in [-0.3, -0.25) is 4.79 Å². The number of nitriles is 1. The van der Waals surface area contributed by atoms with Gasteiger partial charge in [-0.05, 0) is 12.1 Å². The van der Waals surface area contributed by atoms with Crippen LogP contribution >= 0.6 is 0 Å². The predicted molar refractivity (Wildman–Crippen MR) is 59.0 cm³/mol. The van der Waals surface area contributed by atoms with Gasteiger partial charge in [0, 0.05) is 11.5 Å². The molecule has 0 unspecified atom stereocenters. The average molecular weight is 212 g/mol. The lowest BCUT2D eigenvalue weighted by molar-refractivity contribution is -0.114. The van der Waals surface area contributed by atoms with Gasteiger partial charge in [0.05, 0.1) is 0 Å². The molecule has 1 aromatic heterocycles. The minimum Gasteiger partial charge on any atom is -0.457 e. The van der Waals surface area contributed by atoms with E-state index >= 15 is 0 Å². The number of nitrogens with two attached hydrogens (primary N) is 1. The SMILES string of the molecule is N#C/C(=C\c1cc2ccccc2o1)C(N)=O. The second-order valence-electron chi connectivity index (χ2n) is 3.22. The topological polar surface area (TPSA) is 80.0 Å². The number of benzene rings is 1. The molecule has 0 atom stereocenters. The Bertz CT molecular complexity index is 584. The molecule has 0 saturated carbocycles. The highest BCUT2D eigenvalue weighted by Crippen LogP contribution is 2.20. The number of rotatable bonds is 2. The maximum Gasteiger partial charge on any atom is 0.259 e. The van der Waals surface area contributed by atoms with Crippen LogP contribution in [-0.4, -0.2) is 5.91 Å². The van der Waals surface area contributed by atoms with Crippen LogP contribution in [0.4, 0.5) is 0 Å². The largest absolute Gasteiger partial charge is 0.457 e. The first kappa shape index (κ1) is 9.99. The molecule has 0 radical (unpaired) electrons. The molecular weight excluding hydrogens is 204 g/mol. The lowest BCUT2D eigenvalue weighted by Crippen LogP contribution is -2.12. The molecule has 4 nitrogen and oxygen atoms in total. The molecule has 0 spiro atoms. The summed E-state index contributed by atoms with van der Waals surface area (Å²) >= 11 is 0. The van der Waals surface area contributed by atoms with Gasteiger partial charge in [-0.1, -0.05) is 18.2 Å². The minimum atomic E-state index is -0.761. The lowest BCUT2D eigenvalue weighted by atomic mass is 10.2. The molecule has 0 aliphatic rings. The van der Waals surface area contributed by atoms with Gasteiger partial charge in [-0.2, -0.15) is 5.26 Å². The van der Waals surface area contributed by atoms with Crippen molar-refractivity contribution >= 4 is 23.0 Å². The molecule has 0 saturated heterocycles. The van der Waals surface area contributed by atoms with Crippen LogP contribution < -0.4 is 5.73 Å². The summed E-state index contributed by atoms with van der Waals surface area (Å²) in [5.74, 6) is -0.320. The molecular formula is C12H8N2O2. The Kier molecular flexibility index (Phi) is 2.44. The molecule has 0 bridgehead atoms. The van der Waals surface area contributed by atoms with E-state index in [2.05, 4.69) is 0 Å². The van der Waals surface area contributed by atoms with Crippen molar-refractivity contribution in [3.8, 4) is 6.07 Å². The van der Waals surface area contributed by atoms with Gasteiger partial charge in [0.15, 0.2) is 0 Å². The molecule has 16 heavy (non-hydrogen) atoms. The summed E-state index contributed by atoms with van der Waals surface area (Å²) in [6.07, 6.45) is 1.34. The van der Waals surface area contributed by atoms with E-state index in [1.54, 1.807) is 12.1 Å². The molecule has 2 aromatic rings. The fourth-order valence-electron chi connectivity index (χ4n) is 1.37. The molecule has 1 heterocycles. The van der Waals surface area contributed by atoms with E-state index in [0.717, 1.165) is 5.39 Å². The molecule has 4 heteroatoms. The fraction of sp³-hybridized carbons (Fsp3) is 0. The zero-order chi connectivity index (χ0) is 11.5. The van der Waals surface area contributed by atoms with Crippen LogP contribution in [-0.2, 0) is 4.79 Å². The van der Waals surface area contributed by atoms with Gasteiger partial charge >= 0.3 is 0 Å². The van der Waals surface area contributed by atoms with Crippen molar-refractivity contribution in [2.24, 2.45) is 5.73 Å². The average Bonchev–Trinajstić information content (AvgIpc) is 2.67. The third-order valence-corrected chi connectivity index (χ3v) is 2.12. The number of hydrogen-bond acceptors (Lipinski definition) is 3. The number of furan rings is 1. The zero-order valence-electron chi connectivity index (χ0n) is 8.31. The Morgan fingerprint density at radius 3 is 2.81 bits per heavy atom. The van der Waals surface area contributed by atoms with Crippen molar-refractivity contribution in [2.45, 2.75) is 0 Å². The Labute approximate surface area is 91.6 Å².